The third kappa shape index (κ3) is 3.30. The average Bonchev–Trinajstić information content (AvgIpc) is 2.46. The molecule has 0 bridgehead atoms. The molecule has 6 heteroatoms. The van der Waals surface area contributed by atoms with Crippen LogP contribution in [0.4, 0.5) is 13.2 Å². The van der Waals surface area contributed by atoms with Gasteiger partial charge in [-0.2, -0.15) is 13.2 Å². The SMILES string of the molecule is CNC(=O)C1CC(c2ccc(C(F)(F)F)cc2)CCN1. The maximum atomic E-state index is 12.5. The van der Waals surface area contributed by atoms with E-state index in [9.17, 15) is 18.0 Å². The van der Waals surface area contributed by atoms with E-state index in [1.54, 1.807) is 7.05 Å². The van der Waals surface area contributed by atoms with E-state index in [-0.39, 0.29) is 17.9 Å². The van der Waals surface area contributed by atoms with Gasteiger partial charge in [-0.25, -0.2) is 0 Å². The van der Waals surface area contributed by atoms with Crippen LogP contribution in [-0.2, 0) is 11.0 Å². The van der Waals surface area contributed by atoms with Crippen LogP contribution in [0.25, 0.3) is 0 Å². The second-order valence-corrected chi connectivity index (χ2v) is 4.96. The molecule has 0 spiro atoms. The zero-order chi connectivity index (χ0) is 14.8. The summed E-state index contributed by atoms with van der Waals surface area (Å²) in [4.78, 5) is 11.6. The van der Waals surface area contributed by atoms with E-state index >= 15 is 0 Å². The van der Waals surface area contributed by atoms with E-state index in [2.05, 4.69) is 10.6 Å². The topological polar surface area (TPSA) is 41.1 Å². The van der Waals surface area contributed by atoms with Crippen LogP contribution in [0.2, 0.25) is 0 Å². The van der Waals surface area contributed by atoms with Crippen LogP contribution < -0.4 is 10.6 Å². The van der Waals surface area contributed by atoms with Gasteiger partial charge in [-0.05, 0) is 43.0 Å². The van der Waals surface area contributed by atoms with E-state index in [1.165, 1.54) is 12.1 Å². The molecule has 0 radical (unpaired) electrons. The van der Waals surface area contributed by atoms with Crippen LogP contribution in [0.1, 0.15) is 29.9 Å². The highest BCUT2D eigenvalue weighted by Crippen LogP contribution is 2.32. The zero-order valence-corrected chi connectivity index (χ0v) is 11.1. The average molecular weight is 286 g/mol. The molecule has 1 fully saturated rings. The minimum Gasteiger partial charge on any atom is -0.358 e. The Morgan fingerprint density at radius 1 is 1.30 bits per heavy atom. The summed E-state index contributed by atoms with van der Waals surface area (Å²) in [7, 11) is 1.58. The number of hydrogen-bond acceptors (Lipinski definition) is 2. The van der Waals surface area contributed by atoms with Crippen molar-refractivity contribution >= 4 is 5.91 Å². The van der Waals surface area contributed by atoms with Crippen molar-refractivity contribution in [3.8, 4) is 0 Å². The molecule has 1 amide bonds. The van der Waals surface area contributed by atoms with E-state index < -0.39 is 11.7 Å². The van der Waals surface area contributed by atoms with Gasteiger partial charge in [-0.15, -0.1) is 0 Å². The highest BCUT2D eigenvalue weighted by Gasteiger charge is 2.31. The predicted octanol–water partition coefficient (Wildman–Crippen LogP) is 2.29. The van der Waals surface area contributed by atoms with Gasteiger partial charge in [-0.3, -0.25) is 4.79 Å². The van der Waals surface area contributed by atoms with Crippen molar-refractivity contribution in [1.82, 2.24) is 10.6 Å². The second-order valence-electron chi connectivity index (χ2n) is 4.96. The van der Waals surface area contributed by atoms with Gasteiger partial charge < -0.3 is 10.6 Å². The van der Waals surface area contributed by atoms with Crippen LogP contribution in [0.5, 0.6) is 0 Å². The molecule has 1 aliphatic heterocycles. The lowest BCUT2D eigenvalue weighted by Gasteiger charge is -2.29. The van der Waals surface area contributed by atoms with Gasteiger partial charge in [0.25, 0.3) is 0 Å². The third-order valence-electron chi connectivity index (χ3n) is 3.68. The Labute approximate surface area is 115 Å². The maximum absolute atomic E-state index is 12.5. The number of carbonyl (C=O) groups excluding carboxylic acids is 1. The second kappa shape index (κ2) is 5.83. The molecule has 1 aromatic rings. The molecule has 2 N–H and O–H groups in total. The first kappa shape index (κ1) is 14.8. The van der Waals surface area contributed by atoms with E-state index in [0.717, 1.165) is 24.1 Å². The number of amides is 1. The van der Waals surface area contributed by atoms with Crippen LogP contribution >= 0.6 is 0 Å². The van der Waals surface area contributed by atoms with Gasteiger partial charge >= 0.3 is 6.18 Å². The molecule has 2 atom stereocenters. The first-order chi connectivity index (χ1) is 9.41. The lowest BCUT2D eigenvalue weighted by atomic mass is 9.86. The summed E-state index contributed by atoms with van der Waals surface area (Å²) in [5.41, 5.74) is 0.214. The molecule has 1 heterocycles. The normalized spacial score (nSPS) is 23.4. The smallest absolute Gasteiger partial charge is 0.358 e. The number of alkyl halides is 3. The van der Waals surface area contributed by atoms with Gasteiger partial charge in [0, 0.05) is 7.05 Å². The summed E-state index contributed by atoms with van der Waals surface area (Å²) in [6.07, 6.45) is -2.89. The maximum Gasteiger partial charge on any atom is 0.416 e. The van der Waals surface area contributed by atoms with Crippen molar-refractivity contribution in [3.63, 3.8) is 0 Å². The zero-order valence-electron chi connectivity index (χ0n) is 11.1. The van der Waals surface area contributed by atoms with Crippen LogP contribution in [0, 0.1) is 0 Å². The molecule has 1 saturated heterocycles. The monoisotopic (exact) mass is 286 g/mol. The minimum absolute atomic E-state index is 0.0818. The number of halogens is 3. The Morgan fingerprint density at radius 2 is 1.95 bits per heavy atom. The summed E-state index contributed by atoms with van der Waals surface area (Å²) < 4.78 is 37.5. The molecule has 110 valence electrons. The first-order valence-corrected chi connectivity index (χ1v) is 6.54. The Morgan fingerprint density at radius 3 is 2.50 bits per heavy atom. The molecular weight excluding hydrogens is 269 g/mol. The van der Waals surface area contributed by atoms with E-state index in [0.29, 0.717) is 13.0 Å². The molecule has 3 nitrogen and oxygen atoms in total. The summed E-state index contributed by atoms with van der Waals surface area (Å²) in [5, 5.41) is 5.70. The quantitative estimate of drug-likeness (QED) is 0.876. The molecule has 0 aromatic heterocycles. The number of benzene rings is 1. The van der Waals surface area contributed by atoms with Gasteiger partial charge in [0.2, 0.25) is 5.91 Å². The molecule has 2 rings (SSSR count). The van der Waals surface area contributed by atoms with E-state index in [1.807, 2.05) is 0 Å². The predicted molar refractivity (Wildman–Crippen MR) is 69.3 cm³/mol. The lowest BCUT2D eigenvalue weighted by Crippen LogP contribution is -2.47. The van der Waals surface area contributed by atoms with Gasteiger partial charge in [0.1, 0.15) is 0 Å². The minimum atomic E-state index is -4.31. The van der Waals surface area contributed by atoms with Crippen LogP contribution in [0.15, 0.2) is 24.3 Å². The summed E-state index contributed by atoms with van der Waals surface area (Å²) in [5.74, 6) is 0.0300. The highest BCUT2D eigenvalue weighted by atomic mass is 19.4. The fourth-order valence-corrected chi connectivity index (χ4v) is 2.54. The molecule has 1 aliphatic rings. The van der Waals surface area contributed by atoms with Crippen molar-refractivity contribution in [2.24, 2.45) is 0 Å². The number of carbonyl (C=O) groups is 1. The summed E-state index contributed by atoms with van der Waals surface area (Å²) in [6, 6.07) is 4.96. The fourth-order valence-electron chi connectivity index (χ4n) is 2.54. The molecule has 1 aromatic carbocycles. The number of rotatable bonds is 2. The van der Waals surface area contributed by atoms with Crippen molar-refractivity contribution in [1.29, 1.82) is 0 Å². The summed E-state index contributed by atoms with van der Waals surface area (Å²) in [6.45, 7) is 0.684. The van der Waals surface area contributed by atoms with Crippen molar-refractivity contribution in [2.75, 3.05) is 13.6 Å². The number of piperidine rings is 1. The lowest BCUT2D eigenvalue weighted by molar-refractivity contribution is -0.137. The van der Waals surface area contributed by atoms with Crippen LogP contribution in [0.3, 0.4) is 0 Å². The third-order valence-corrected chi connectivity index (χ3v) is 3.68. The van der Waals surface area contributed by atoms with Crippen molar-refractivity contribution < 1.29 is 18.0 Å². The Hall–Kier alpha value is -1.56. The highest BCUT2D eigenvalue weighted by molar-refractivity contribution is 5.81. The fraction of sp³-hybridized carbons (Fsp3) is 0.500. The largest absolute Gasteiger partial charge is 0.416 e. The van der Waals surface area contributed by atoms with Gasteiger partial charge in [-0.1, -0.05) is 12.1 Å². The van der Waals surface area contributed by atoms with Crippen molar-refractivity contribution in [2.45, 2.75) is 31.0 Å². The molecule has 0 aliphatic carbocycles. The summed E-state index contributed by atoms with van der Waals surface area (Å²) >= 11 is 0. The number of likely N-dealkylation sites (N-methyl/N-ethyl adjacent to an activating group) is 1. The number of hydrogen-bond donors (Lipinski definition) is 2. The molecular formula is C14H17F3N2O. The van der Waals surface area contributed by atoms with Gasteiger partial charge in [0.15, 0.2) is 0 Å². The molecule has 20 heavy (non-hydrogen) atoms. The first-order valence-electron chi connectivity index (χ1n) is 6.54. The molecule has 2 unspecified atom stereocenters. The van der Waals surface area contributed by atoms with Crippen LogP contribution in [-0.4, -0.2) is 25.5 Å². The Bertz CT molecular complexity index is 470. The van der Waals surface area contributed by atoms with Crippen molar-refractivity contribution in [3.05, 3.63) is 35.4 Å². The standard InChI is InChI=1S/C14H17F3N2O/c1-18-13(20)12-8-10(6-7-19-12)9-2-4-11(5-3-9)14(15,16)17/h2-5,10,12,19H,6-8H2,1H3,(H,18,20). The Kier molecular flexibility index (Phi) is 4.32. The van der Waals surface area contributed by atoms with E-state index in [4.69, 9.17) is 0 Å². The number of nitrogens with one attached hydrogen (secondary N) is 2. The molecule has 0 saturated carbocycles. The Balaban J connectivity index is 2.09. The van der Waals surface area contributed by atoms with Gasteiger partial charge in [0.05, 0.1) is 11.6 Å².